The number of carbonyl (C=O) groups excluding carboxylic acids is 2. The fourth-order valence-electron chi connectivity index (χ4n) is 3.16. The lowest BCUT2D eigenvalue weighted by molar-refractivity contribution is -0.124. The highest BCUT2D eigenvalue weighted by atomic mass is 16.3. The van der Waals surface area contributed by atoms with Crippen LogP contribution in [-0.2, 0) is 4.79 Å². The summed E-state index contributed by atoms with van der Waals surface area (Å²) in [5.74, 6) is 0.275. The molecule has 0 aromatic heterocycles. The maximum atomic E-state index is 12.0. The Morgan fingerprint density at radius 1 is 1.33 bits per heavy atom. The second kappa shape index (κ2) is 5.26. The van der Waals surface area contributed by atoms with Crippen LogP contribution in [0.15, 0.2) is 0 Å². The van der Waals surface area contributed by atoms with Gasteiger partial charge in [0, 0.05) is 13.1 Å². The van der Waals surface area contributed by atoms with E-state index in [2.05, 4.69) is 6.92 Å². The van der Waals surface area contributed by atoms with Crippen molar-refractivity contribution in [3.05, 3.63) is 0 Å². The molecule has 0 bridgehead atoms. The minimum Gasteiger partial charge on any atom is -0.393 e. The fraction of sp³-hybridized carbons (Fsp3) is 0.846. The number of carbonyl (C=O) groups is 2. The summed E-state index contributed by atoms with van der Waals surface area (Å²) in [7, 11) is 1.53. The van der Waals surface area contributed by atoms with Gasteiger partial charge in [0.1, 0.15) is 6.54 Å². The first-order valence-corrected chi connectivity index (χ1v) is 6.79. The number of aliphatic hydroxyl groups excluding tert-OH is 1. The van der Waals surface area contributed by atoms with E-state index in [-0.39, 0.29) is 30.6 Å². The number of hydrogen-bond donors (Lipinski definition) is 1. The maximum absolute atomic E-state index is 12.0. The Hall–Kier alpha value is -1.10. The quantitative estimate of drug-likeness (QED) is 0.770. The molecule has 1 aliphatic carbocycles. The van der Waals surface area contributed by atoms with Gasteiger partial charge in [-0.05, 0) is 31.6 Å². The van der Waals surface area contributed by atoms with Crippen LogP contribution in [0.2, 0.25) is 0 Å². The summed E-state index contributed by atoms with van der Waals surface area (Å²) >= 11 is 0. The zero-order valence-electron chi connectivity index (χ0n) is 11.1. The largest absolute Gasteiger partial charge is 0.393 e. The van der Waals surface area contributed by atoms with E-state index in [1.165, 1.54) is 11.9 Å². The molecule has 2 rings (SSSR count). The molecule has 2 fully saturated rings. The van der Waals surface area contributed by atoms with Gasteiger partial charge < -0.3 is 10.0 Å². The summed E-state index contributed by atoms with van der Waals surface area (Å²) in [6.45, 7) is 2.30. The van der Waals surface area contributed by atoms with Crippen LogP contribution in [0.3, 0.4) is 0 Å². The van der Waals surface area contributed by atoms with Crippen molar-refractivity contribution in [2.75, 3.05) is 13.6 Å². The molecule has 2 aliphatic rings. The Morgan fingerprint density at radius 2 is 2.06 bits per heavy atom. The SMILES string of the molecule is CCCC1CCC(O)CC1N1CC(=O)N(C)C1=O. The van der Waals surface area contributed by atoms with Crippen LogP contribution in [0.4, 0.5) is 4.79 Å². The summed E-state index contributed by atoms with van der Waals surface area (Å²) in [5, 5.41) is 9.81. The van der Waals surface area contributed by atoms with Gasteiger partial charge in [-0.3, -0.25) is 9.69 Å². The minimum absolute atomic E-state index is 0.0232. The van der Waals surface area contributed by atoms with Crippen LogP contribution in [-0.4, -0.2) is 52.6 Å². The Kier molecular flexibility index (Phi) is 3.90. The summed E-state index contributed by atoms with van der Waals surface area (Å²) in [4.78, 5) is 26.4. The molecule has 5 nitrogen and oxygen atoms in total. The lowest BCUT2D eigenvalue weighted by atomic mass is 9.79. The summed E-state index contributed by atoms with van der Waals surface area (Å²) < 4.78 is 0. The van der Waals surface area contributed by atoms with Gasteiger partial charge in [-0.2, -0.15) is 0 Å². The Balaban J connectivity index is 2.12. The van der Waals surface area contributed by atoms with E-state index in [0.717, 1.165) is 25.7 Å². The Morgan fingerprint density at radius 3 is 2.61 bits per heavy atom. The van der Waals surface area contributed by atoms with Gasteiger partial charge in [-0.15, -0.1) is 0 Å². The van der Waals surface area contributed by atoms with E-state index in [1.54, 1.807) is 4.90 Å². The van der Waals surface area contributed by atoms with E-state index in [9.17, 15) is 14.7 Å². The van der Waals surface area contributed by atoms with Crippen LogP contribution >= 0.6 is 0 Å². The molecule has 1 aliphatic heterocycles. The zero-order chi connectivity index (χ0) is 13.3. The van der Waals surface area contributed by atoms with E-state index >= 15 is 0 Å². The highest BCUT2D eigenvalue weighted by Gasteiger charge is 2.42. The predicted molar refractivity (Wildman–Crippen MR) is 66.9 cm³/mol. The lowest BCUT2D eigenvalue weighted by Crippen LogP contribution is -2.47. The molecule has 18 heavy (non-hydrogen) atoms. The molecule has 1 saturated carbocycles. The number of rotatable bonds is 3. The molecule has 1 N–H and O–H groups in total. The zero-order valence-corrected chi connectivity index (χ0v) is 11.1. The predicted octanol–water partition coefficient (Wildman–Crippen LogP) is 1.21. The number of urea groups is 1. The van der Waals surface area contributed by atoms with Gasteiger partial charge in [0.05, 0.1) is 6.10 Å². The van der Waals surface area contributed by atoms with Crippen molar-refractivity contribution >= 4 is 11.9 Å². The highest BCUT2D eigenvalue weighted by Crippen LogP contribution is 2.33. The molecule has 0 spiro atoms. The molecule has 0 aromatic rings. The maximum Gasteiger partial charge on any atom is 0.327 e. The molecule has 3 unspecified atom stereocenters. The highest BCUT2D eigenvalue weighted by molar-refractivity contribution is 6.01. The van der Waals surface area contributed by atoms with Gasteiger partial charge in [0.15, 0.2) is 0 Å². The van der Waals surface area contributed by atoms with Crippen molar-refractivity contribution in [1.82, 2.24) is 9.80 Å². The Bertz CT molecular complexity index is 345. The smallest absolute Gasteiger partial charge is 0.327 e. The molecule has 0 radical (unpaired) electrons. The third-order valence-electron chi connectivity index (χ3n) is 4.20. The fourth-order valence-corrected chi connectivity index (χ4v) is 3.16. The number of aliphatic hydroxyl groups is 1. The Labute approximate surface area is 108 Å². The van der Waals surface area contributed by atoms with Crippen molar-refractivity contribution in [2.45, 2.75) is 51.2 Å². The molecule has 1 saturated heterocycles. The second-order valence-electron chi connectivity index (χ2n) is 5.45. The van der Waals surface area contributed by atoms with Crippen LogP contribution in [0, 0.1) is 5.92 Å². The van der Waals surface area contributed by atoms with E-state index in [4.69, 9.17) is 0 Å². The lowest BCUT2D eigenvalue weighted by Gasteiger charge is -2.39. The average molecular weight is 254 g/mol. The summed E-state index contributed by atoms with van der Waals surface area (Å²) in [6, 6.07) is -0.185. The topological polar surface area (TPSA) is 60.9 Å². The van der Waals surface area contributed by atoms with Gasteiger partial charge in [0.2, 0.25) is 5.91 Å². The van der Waals surface area contributed by atoms with Crippen LogP contribution in [0.1, 0.15) is 39.0 Å². The van der Waals surface area contributed by atoms with Gasteiger partial charge in [-0.1, -0.05) is 13.3 Å². The average Bonchev–Trinajstić information content (AvgIpc) is 2.60. The van der Waals surface area contributed by atoms with Crippen molar-refractivity contribution in [3.8, 4) is 0 Å². The summed E-state index contributed by atoms with van der Waals surface area (Å²) in [5.41, 5.74) is 0. The first kappa shape index (κ1) is 13.3. The van der Waals surface area contributed by atoms with Crippen LogP contribution < -0.4 is 0 Å². The molecule has 5 heteroatoms. The third-order valence-corrected chi connectivity index (χ3v) is 4.20. The van der Waals surface area contributed by atoms with Crippen molar-refractivity contribution in [2.24, 2.45) is 5.92 Å². The van der Waals surface area contributed by atoms with E-state index < -0.39 is 0 Å². The molecular weight excluding hydrogens is 232 g/mol. The minimum atomic E-state index is -0.336. The van der Waals surface area contributed by atoms with Gasteiger partial charge in [0.25, 0.3) is 0 Å². The van der Waals surface area contributed by atoms with Crippen molar-refractivity contribution in [3.63, 3.8) is 0 Å². The van der Waals surface area contributed by atoms with E-state index in [0.29, 0.717) is 12.3 Å². The number of nitrogens with zero attached hydrogens (tertiary/aromatic N) is 2. The number of imide groups is 1. The van der Waals surface area contributed by atoms with E-state index in [1.807, 2.05) is 0 Å². The third kappa shape index (κ3) is 2.36. The van der Waals surface area contributed by atoms with Gasteiger partial charge in [-0.25, -0.2) is 4.79 Å². The summed E-state index contributed by atoms with van der Waals surface area (Å²) in [6.07, 6.45) is 4.16. The molecule has 0 aromatic carbocycles. The molecule has 1 heterocycles. The monoisotopic (exact) mass is 254 g/mol. The molecular formula is C13H22N2O3. The first-order chi connectivity index (χ1) is 8.54. The standard InChI is InChI=1S/C13H22N2O3/c1-3-4-9-5-6-10(16)7-11(9)15-8-12(17)14(2)13(15)18/h9-11,16H,3-8H2,1-2H3. The number of likely N-dealkylation sites (N-methyl/N-ethyl adjacent to an activating group) is 1. The molecule has 102 valence electrons. The number of hydrogen-bond acceptors (Lipinski definition) is 3. The van der Waals surface area contributed by atoms with Crippen molar-refractivity contribution < 1.29 is 14.7 Å². The van der Waals surface area contributed by atoms with Crippen LogP contribution in [0.25, 0.3) is 0 Å². The molecule has 3 atom stereocenters. The number of amides is 3. The second-order valence-corrected chi connectivity index (χ2v) is 5.45. The van der Waals surface area contributed by atoms with Crippen LogP contribution in [0.5, 0.6) is 0 Å². The van der Waals surface area contributed by atoms with Gasteiger partial charge >= 0.3 is 6.03 Å². The van der Waals surface area contributed by atoms with Crippen molar-refractivity contribution in [1.29, 1.82) is 0 Å². The first-order valence-electron chi connectivity index (χ1n) is 6.79. The molecule has 3 amide bonds. The normalized spacial score (nSPS) is 33.4.